The molecule has 0 aromatic carbocycles. The van der Waals surface area contributed by atoms with Crippen molar-refractivity contribution < 1.29 is 13.2 Å². The van der Waals surface area contributed by atoms with Crippen LogP contribution < -0.4 is 5.14 Å². The van der Waals surface area contributed by atoms with Gasteiger partial charge in [-0.25, -0.2) is 13.6 Å². The Bertz CT molecular complexity index is 526. The molecule has 18 heavy (non-hydrogen) atoms. The molecule has 0 aliphatic rings. The van der Waals surface area contributed by atoms with Crippen LogP contribution in [0.15, 0.2) is 4.90 Å². The third kappa shape index (κ3) is 3.79. The number of hydrogen-bond donors (Lipinski definition) is 1. The Labute approximate surface area is 108 Å². The topological polar surface area (TPSA) is 87.2 Å². The molecule has 1 aromatic heterocycles. The van der Waals surface area contributed by atoms with E-state index in [-0.39, 0.29) is 10.5 Å². The zero-order chi connectivity index (χ0) is 14.1. The molecular weight excluding hydrogens is 254 g/mol. The molecule has 7 heteroatoms. The van der Waals surface area contributed by atoms with E-state index in [0.717, 1.165) is 0 Å². The summed E-state index contributed by atoms with van der Waals surface area (Å²) in [6, 6.07) is 0. The van der Waals surface area contributed by atoms with Gasteiger partial charge in [-0.1, -0.05) is 0 Å². The zero-order valence-corrected chi connectivity index (χ0v) is 12.3. The van der Waals surface area contributed by atoms with Crippen molar-refractivity contribution in [3.63, 3.8) is 0 Å². The van der Waals surface area contributed by atoms with Crippen molar-refractivity contribution in [2.45, 2.75) is 51.7 Å². The zero-order valence-electron chi connectivity index (χ0n) is 11.5. The molecule has 0 radical (unpaired) electrons. The van der Waals surface area contributed by atoms with Gasteiger partial charge in [0.25, 0.3) is 0 Å². The molecule has 0 saturated carbocycles. The van der Waals surface area contributed by atoms with Gasteiger partial charge in [0, 0.05) is 0 Å². The summed E-state index contributed by atoms with van der Waals surface area (Å²) in [5.41, 5.74) is 0.747. The minimum Gasteiger partial charge on any atom is -0.374 e. The van der Waals surface area contributed by atoms with E-state index < -0.39 is 10.0 Å². The predicted molar refractivity (Wildman–Crippen MR) is 68.8 cm³/mol. The van der Waals surface area contributed by atoms with Gasteiger partial charge in [0.1, 0.15) is 4.90 Å². The number of sulfonamides is 1. The number of aryl methyl sites for hydroxylation is 1. The first-order valence-corrected chi connectivity index (χ1v) is 7.28. The Morgan fingerprint density at radius 2 is 1.89 bits per heavy atom. The summed E-state index contributed by atoms with van der Waals surface area (Å²) < 4.78 is 30.0. The van der Waals surface area contributed by atoms with Crippen molar-refractivity contribution in [3.8, 4) is 0 Å². The first-order valence-electron chi connectivity index (χ1n) is 5.73. The van der Waals surface area contributed by atoms with E-state index in [1.54, 1.807) is 18.5 Å². The monoisotopic (exact) mass is 275 g/mol. The van der Waals surface area contributed by atoms with Crippen LogP contribution in [0.5, 0.6) is 0 Å². The molecule has 0 amide bonds. The van der Waals surface area contributed by atoms with Crippen molar-refractivity contribution in [1.29, 1.82) is 0 Å². The second-order valence-corrected chi connectivity index (χ2v) is 6.73. The molecule has 6 nitrogen and oxygen atoms in total. The number of hydrogen-bond acceptors (Lipinski definition) is 4. The maximum absolute atomic E-state index is 11.4. The molecule has 0 atom stereocenters. The average Bonchev–Trinajstić information content (AvgIpc) is 2.38. The Morgan fingerprint density at radius 3 is 2.28 bits per heavy atom. The van der Waals surface area contributed by atoms with E-state index >= 15 is 0 Å². The van der Waals surface area contributed by atoms with Crippen LogP contribution in [0.4, 0.5) is 0 Å². The van der Waals surface area contributed by atoms with Gasteiger partial charge in [-0.2, -0.15) is 5.10 Å². The van der Waals surface area contributed by atoms with Crippen molar-refractivity contribution in [3.05, 3.63) is 11.4 Å². The van der Waals surface area contributed by atoms with Crippen LogP contribution in [0.2, 0.25) is 0 Å². The number of nitrogens with zero attached hydrogens (tertiary/aromatic N) is 2. The smallest absolute Gasteiger partial charge is 0.241 e. The van der Waals surface area contributed by atoms with Crippen LogP contribution in [-0.4, -0.2) is 30.4 Å². The lowest BCUT2D eigenvalue weighted by atomic mass is 10.2. The molecule has 1 aromatic rings. The molecule has 0 fully saturated rings. The van der Waals surface area contributed by atoms with Gasteiger partial charge >= 0.3 is 0 Å². The molecule has 0 aliphatic carbocycles. The number of nitrogens with two attached hydrogens (primary N) is 1. The van der Waals surface area contributed by atoms with E-state index in [4.69, 9.17) is 9.88 Å². The van der Waals surface area contributed by atoms with E-state index in [1.807, 2.05) is 20.8 Å². The number of ether oxygens (including phenoxy) is 1. The predicted octanol–water partition coefficient (Wildman–Crippen LogP) is 0.962. The Hall–Kier alpha value is -0.920. The van der Waals surface area contributed by atoms with Crippen molar-refractivity contribution in [2.75, 3.05) is 6.61 Å². The lowest BCUT2D eigenvalue weighted by molar-refractivity contribution is -0.00813. The minimum atomic E-state index is -3.72. The number of rotatable bonds is 4. The molecule has 2 N–H and O–H groups in total. The fraction of sp³-hybridized carbons (Fsp3) is 0.727. The van der Waals surface area contributed by atoms with Crippen LogP contribution in [0.3, 0.4) is 0 Å². The first kappa shape index (κ1) is 15.1. The molecular formula is C11H21N3O3S. The van der Waals surface area contributed by atoms with Crippen LogP contribution >= 0.6 is 0 Å². The van der Waals surface area contributed by atoms with Crippen LogP contribution in [0, 0.1) is 13.8 Å². The highest BCUT2D eigenvalue weighted by Crippen LogP contribution is 2.17. The molecule has 1 rings (SSSR count). The van der Waals surface area contributed by atoms with E-state index in [9.17, 15) is 8.42 Å². The highest BCUT2D eigenvalue weighted by atomic mass is 32.2. The first-order chi connectivity index (χ1) is 8.02. The summed E-state index contributed by atoms with van der Waals surface area (Å²) in [4.78, 5) is 0.109. The maximum atomic E-state index is 11.4. The van der Waals surface area contributed by atoms with Gasteiger partial charge in [0.15, 0.2) is 0 Å². The number of primary sulfonamides is 1. The Balaban J connectivity index is 2.88. The molecule has 0 aliphatic heterocycles. The highest BCUT2D eigenvalue weighted by Gasteiger charge is 2.21. The standard InChI is InChI=1S/C11H21N3O3S/c1-8-10(18(12,15)16)9(2)14(13-8)6-7-17-11(3,4)5/h6-7H2,1-5H3,(H2,12,15,16). The lowest BCUT2D eigenvalue weighted by Crippen LogP contribution is -2.22. The summed E-state index contributed by atoms with van der Waals surface area (Å²) in [7, 11) is -3.72. The third-order valence-corrected chi connectivity index (χ3v) is 3.60. The summed E-state index contributed by atoms with van der Waals surface area (Å²) >= 11 is 0. The molecule has 104 valence electrons. The van der Waals surface area contributed by atoms with Gasteiger partial charge in [0.2, 0.25) is 10.0 Å². The van der Waals surface area contributed by atoms with Crippen molar-refractivity contribution in [1.82, 2.24) is 9.78 Å². The Morgan fingerprint density at radius 1 is 1.33 bits per heavy atom. The molecule has 0 bridgehead atoms. The number of aromatic nitrogens is 2. The normalized spacial score (nSPS) is 13.0. The molecule has 0 saturated heterocycles. The third-order valence-electron chi connectivity index (χ3n) is 2.44. The van der Waals surface area contributed by atoms with Crippen LogP contribution in [0.1, 0.15) is 32.2 Å². The van der Waals surface area contributed by atoms with E-state index in [0.29, 0.717) is 24.5 Å². The quantitative estimate of drug-likeness (QED) is 0.886. The van der Waals surface area contributed by atoms with Crippen molar-refractivity contribution >= 4 is 10.0 Å². The van der Waals surface area contributed by atoms with Crippen molar-refractivity contribution in [2.24, 2.45) is 5.14 Å². The highest BCUT2D eigenvalue weighted by molar-refractivity contribution is 7.89. The average molecular weight is 275 g/mol. The largest absolute Gasteiger partial charge is 0.374 e. The molecule has 0 unspecified atom stereocenters. The van der Waals surface area contributed by atoms with Gasteiger partial charge in [-0.3, -0.25) is 4.68 Å². The summed E-state index contributed by atoms with van der Waals surface area (Å²) in [5.74, 6) is 0. The summed E-state index contributed by atoms with van der Waals surface area (Å²) in [5, 5.41) is 9.33. The molecule has 0 spiro atoms. The van der Waals surface area contributed by atoms with Gasteiger partial charge in [-0.15, -0.1) is 0 Å². The second kappa shape index (κ2) is 4.99. The Kier molecular flexibility index (Phi) is 4.19. The fourth-order valence-electron chi connectivity index (χ4n) is 1.75. The van der Waals surface area contributed by atoms with E-state index in [1.165, 1.54) is 0 Å². The minimum absolute atomic E-state index is 0.109. The molecule has 1 heterocycles. The summed E-state index contributed by atoms with van der Waals surface area (Å²) in [6.45, 7) is 10.2. The van der Waals surface area contributed by atoms with Crippen LogP contribution in [-0.2, 0) is 21.3 Å². The second-order valence-electron chi connectivity index (χ2n) is 5.23. The maximum Gasteiger partial charge on any atom is 0.241 e. The lowest BCUT2D eigenvalue weighted by Gasteiger charge is -2.19. The summed E-state index contributed by atoms with van der Waals surface area (Å²) in [6.07, 6.45) is 0. The van der Waals surface area contributed by atoms with Gasteiger partial charge in [0.05, 0.1) is 30.1 Å². The fourth-order valence-corrected chi connectivity index (χ4v) is 2.72. The van der Waals surface area contributed by atoms with Crippen LogP contribution in [0.25, 0.3) is 0 Å². The van der Waals surface area contributed by atoms with E-state index in [2.05, 4.69) is 5.10 Å². The van der Waals surface area contributed by atoms with Gasteiger partial charge < -0.3 is 4.74 Å². The SMILES string of the molecule is Cc1nn(CCOC(C)(C)C)c(C)c1S(N)(=O)=O. The van der Waals surface area contributed by atoms with Gasteiger partial charge in [-0.05, 0) is 34.6 Å².